The molecule has 1 spiro atoms. The highest BCUT2D eigenvalue weighted by Gasteiger charge is 2.56. The summed E-state index contributed by atoms with van der Waals surface area (Å²) in [6.45, 7) is 8.21. The Bertz CT molecular complexity index is 2120. The maximum Gasteiger partial charge on any atom is 0.234 e. The first-order chi connectivity index (χ1) is 27.2. The molecular formula is C44H48ClN7O4. The minimum Gasteiger partial charge on any atom is -0.507 e. The van der Waals surface area contributed by atoms with Crippen LogP contribution in [0, 0.1) is 11.3 Å². The van der Waals surface area contributed by atoms with Crippen molar-refractivity contribution in [2.75, 3.05) is 68.7 Å². The number of carbonyl (C=O) groups is 3. The lowest BCUT2D eigenvalue weighted by atomic mass is 9.67. The summed E-state index contributed by atoms with van der Waals surface area (Å²) >= 11 is 6.52. The van der Waals surface area contributed by atoms with E-state index in [1.54, 1.807) is 18.3 Å². The van der Waals surface area contributed by atoms with Gasteiger partial charge in [0.25, 0.3) is 0 Å². The van der Waals surface area contributed by atoms with Gasteiger partial charge in [0.15, 0.2) is 0 Å². The van der Waals surface area contributed by atoms with Crippen molar-refractivity contribution in [2.24, 2.45) is 11.3 Å². The Hall–Kier alpha value is -5.00. The van der Waals surface area contributed by atoms with Gasteiger partial charge in [0, 0.05) is 87.0 Å². The van der Waals surface area contributed by atoms with Crippen LogP contribution in [0.15, 0.2) is 85.1 Å². The van der Waals surface area contributed by atoms with E-state index in [-0.39, 0.29) is 34.8 Å². The number of aromatic hydroxyl groups is 1. The number of likely N-dealkylation sites (tertiary alicyclic amines) is 2. The number of benzene rings is 3. The van der Waals surface area contributed by atoms with Gasteiger partial charge in [-0.3, -0.25) is 19.7 Å². The predicted octanol–water partition coefficient (Wildman–Crippen LogP) is 5.62. The zero-order valence-electron chi connectivity index (χ0n) is 31.6. The van der Waals surface area contributed by atoms with Crippen molar-refractivity contribution in [3.05, 3.63) is 101 Å². The molecule has 1 atom stereocenters. The number of hydrogen-bond donors (Lipinski definition) is 2. The molecule has 3 amide bonds. The zero-order chi connectivity index (χ0) is 38.4. The average molecular weight is 774 g/mol. The topological polar surface area (TPSA) is 122 Å². The van der Waals surface area contributed by atoms with Gasteiger partial charge in [-0.25, -0.2) is 0 Å². The third-order valence-electron chi connectivity index (χ3n) is 13.1. The van der Waals surface area contributed by atoms with Gasteiger partial charge in [-0.2, -0.15) is 10.2 Å². The first-order valence-corrected chi connectivity index (χ1v) is 20.4. The summed E-state index contributed by atoms with van der Waals surface area (Å²) in [6.07, 6.45) is 6.34. The van der Waals surface area contributed by atoms with Gasteiger partial charge in [-0.1, -0.05) is 48.0 Å². The summed E-state index contributed by atoms with van der Waals surface area (Å²) < 4.78 is 0. The third-order valence-corrected chi connectivity index (χ3v) is 13.3. The van der Waals surface area contributed by atoms with Crippen molar-refractivity contribution >= 4 is 40.7 Å². The largest absolute Gasteiger partial charge is 0.507 e. The van der Waals surface area contributed by atoms with Crippen LogP contribution in [-0.4, -0.2) is 102 Å². The van der Waals surface area contributed by atoms with Crippen LogP contribution in [0.1, 0.15) is 55.6 Å². The summed E-state index contributed by atoms with van der Waals surface area (Å²) in [5.74, 6) is 0.412. The van der Waals surface area contributed by atoms with Gasteiger partial charge in [0.05, 0.1) is 28.9 Å². The molecule has 11 nitrogen and oxygen atoms in total. The quantitative estimate of drug-likeness (QED) is 0.220. The highest BCUT2D eigenvalue weighted by Crippen LogP contribution is 2.46. The number of nitrogens with zero attached hydrogens (tertiary/aromatic N) is 6. The Morgan fingerprint density at radius 3 is 2.29 bits per heavy atom. The van der Waals surface area contributed by atoms with E-state index in [1.807, 2.05) is 48.5 Å². The lowest BCUT2D eigenvalue weighted by Gasteiger charge is -2.62. The number of aromatic nitrogens is 2. The smallest absolute Gasteiger partial charge is 0.234 e. The number of rotatable bonds is 8. The van der Waals surface area contributed by atoms with Crippen molar-refractivity contribution in [1.29, 1.82) is 0 Å². The Morgan fingerprint density at radius 2 is 1.57 bits per heavy atom. The highest BCUT2D eigenvalue weighted by molar-refractivity contribution is 6.30. The minimum atomic E-state index is -0.646. The van der Waals surface area contributed by atoms with Crippen molar-refractivity contribution in [1.82, 2.24) is 25.3 Å². The molecule has 5 saturated heterocycles. The molecule has 4 aromatic rings. The van der Waals surface area contributed by atoms with Crippen molar-refractivity contribution < 1.29 is 19.5 Å². The Labute approximate surface area is 332 Å². The van der Waals surface area contributed by atoms with Crippen LogP contribution in [0.5, 0.6) is 5.75 Å². The molecule has 0 saturated carbocycles. The summed E-state index contributed by atoms with van der Waals surface area (Å²) in [5, 5.41) is 22.1. The molecule has 290 valence electrons. The van der Waals surface area contributed by atoms with Gasteiger partial charge in [0.1, 0.15) is 5.75 Å². The number of nitrogens with one attached hydrogen (secondary N) is 1. The number of piperidine rings is 3. The molecule has 0 bridgehead atoms. The fraction of sp³-hybridized carbons (Fsp3) is 0.432. The standard InChI is InChI=1S/C44H48ClN7O4/c45-33-5-3-4-32(22-33)44(16-20-51(21-17-44)35-23-38(48-46-24-35)37-6-1-2-7-39(37)53)42(56)52-28-43(29-52)26-49(27-43)25-30-14-18-50(19-15-30)34-10-8-31(9-11-34)36-12-13-40(54)47-41(36)55/h1-11,22-24,30,36,53H,12-21,25-29H2,(H,47,54,55)/t36-/m1/s1. The second kappa shape index (κ2) is 14.8. The van der Waals surface area contributed by atoms with Crippen LogP contribution in [0.25, 0.3) is 11.3 Å². The Kier molecular flexibility index (Phi) is 9.69. The van der Waals surface area contributed by atoms with Gasteiger partial charge in [-0.05, 0) is 91.6 Å². The number of phenolic OH excluding ortho intramolecular Hbond substituents is 1. The molecule has 0 unspecified atom stereocenters. The van der Waals surface area contributed by atoms with Crippen LogP contribution >= 0.6 is 11.6 Å². The normalized spacial score (nSPS) is 22.4. The number of para-hydroxylation sites is 1. The molecule has 5 aliphatic rings. The predicted molar refractivity (Wildman–Crippen MR) is 216 cm³/mol. The van der Waals surface area contributed by atoms with Crippen LogP contribution in [-0.2, 0) is 19.8 Å². The first kappa shape index (κ1) is 36.6. The zero-order valence-corrected chi connectivity index (χ0v) is 32.3. The summed E-state index contributed by atoms with van der Waals surface area (Å²) in [7, 11) is 0. The molecule has 1 aromatic heterocycles. The average Bonchev–Trinajstić information content (AvgIpc) is 3.19. The Morgan fingerprint density at radius 1 is 0.839 bits per heavy atom. The molecule has 5 aliphatic heterocycles. The number of hydrogen-bond acceptors (Lipinski definition) is 9. The van der Waals surface area contributed by atoms with E-state index in [2.05, 4.69) is 53.3 Å². The van der Waals surface area contributed by atoms with E-state index in [9.17, 15) is 19.5 Å². The molecule has 56 heavy (non-hydrogen) atoms. The summed E-state index contributed by atoms with van der Waals surface area (Å²) in [4.78, 5) is 47.9. The first-order valence-electron chi connectivity index (χ1n) is 20.0. The van der Waals surface area contributed by atoms with Crippen LogP contribution in [0.3, 0.4) is 0 Å². The fourth-order valence-corrected chi connectivity index (χ4v) is 10.2. The highest BCUT2D eigenvalue weighted by atomic mass is 35.5. The summed E-state index contributed by atoms with van der Waals surface area (Å²) in [5.41, 5.74) is 4.88. The number of halogens is 1. The van der Waals surface area contributed by atoms with Gasteiger partial charge in [0.2, 0.25) is 17.7 Å². The maximum atomic E-state index is 14.6. The van der Waals surface area contributed by atoms with E-state index in [0.717, 1.165) is 75.5 Å². The SMILES string of the molecule is O=C1CC[C@H](c2ccc(N3CCC(CN4CC5(C4)CN(C(=O)C4(c6cccc(Cl)c6)CCN(c6cnnc(-c7ccccc7O)c6)CC4)C5)CC3)cc2)C(=O)N1. The lowest BCUT2D eigenvalue weighted by Crippen LogP contribution is -2.74. The number of amides is 3. The molecule has 0 radical (unpaired) electrons. The van der Waals surface area contributed by atoms with Crippen molar-refractivity contribution in [2.45, 2.75) is 49.9 Å². The van der Waals surface area contributed by atoms with Crippen molar-refractivity contribution in [3.8, 4) is 17.0 Å². The number of phenols is 1. The van der Waals surface area contributed by atoms with Gasteiger partial charge >= 0.3 is 0 Å². The summed E-state index contributed by atoms with van der Waals surface area (Å²) in [6, 6.07) is 25.3. The van der Waals surface area contributed by atoms with E-state index in [1.165, 1.54) is 5.69 Å². The molecule has 9 rings (SSSR count). The Balaban J connectivity index is 0.779. The van der Waals surface area contributed by atoms with Crippen LogP contribution in [0.2, 0.25) is 5.02 Å². The van der Waals surface area contributed by atoms with Gasteiger partial charge in [-0.15, -0.1) is 0 Å². The molecule has 5 fully saturated rings. The second-order valence-electron chi connectivity index (χ2n) is 16.8. The number of imide groups is 1. The van der Waals surface area contributed by atoms with Crippen LogP contribution in [0.4, 0.5) is 11.4 Å². The fourth-order valence-electron chi connectivity index (χ4n) is 10.0. The third kappa shape index (κ3) is 7.00. The lowest BCUT2D eigenvalue weighted by molar-refractivity contribution is -0.166. The monoisotopic (exact) mass is 773 g/mol. The molecule has 6 heterocycles. The van der Waals surface area contributed by atoms with Crippen LogP contribution < -0.4 is 15.1 Å². The van der Waals surface area contributed by atoms with E-state index in [4.69, 9.17) is 11.6 Å². The van der Waals surface area contributed by atoms with E-state index < -0.39 is 5.41 Å². The van der Waals surface area contributed by atoms with E-state index in [0.29, 0.717) is 61.0 Å². The van der Waals surface area contributed by atoms with E-state index >= 15 is 0 Å². The minimum absolute atomic E-state index is 0.167. The number of anilines is 2. The van der Waals surface area contributed by atoms with Crippen molar-refractivity contribution in [3.63, 3.8) is 0 Å². The molecule has 3 aromatic carbocycles. The number of carbonyl (C=O) groups excluding carboxylic acids is 3. The molecule has 12 heteroatoms. The second-order valence-corrected chi connectivity index (χ2v) is 17.2. The molecule has 2 N–H and O–H groups in total. The molecule has 0 aliphatic carbocycles. The molecular weight excluding hydrogens is 726 g/mol. The maximum absolute atomic E-state index is 14.6. The van der Waals surface area contributed by atoms with Gasteiger partial charge < -0.3 is 24.7 Å².